The molecule has 0 N–H and O–H groups in total. The van der Waals surface area contributed by atoms with Crippen molar-refractivity contribution in [1.29, 1.82) is 0 Å². The predicted molar refractivity (Wildman–Crippen MR) is 92.9 cm³/mol. The van der Waals surface area contributed by atoms with Gasteiger partial charge in [-0.05, 0) is 30.3 Å². The number of fused-ring (bicyclic) bond motifs is 2. The highest BCUT2D eigenvalue weighted by atomic mass is 35.5. The van der Waals surface area contributed by atoms with Crippen molar-refractivity contribution in [2.45, 2.75) is 4.87 Å². The number of likely N-dealkylation sites (N-methyl/N-ethyl adjacent to an activating group) is 1. The van der Waals surface area contributed by atoms with Gasteiger partial charge in [-0.1, -0.05) is 29.8 Å². The minimum atomic E-state index is -1.02. The van der Waals surface area contributed by atoms with Crippen LogP contribution in [0, 0.1) is 0 Å². The number of carbonyl (C=O) groups is 2. The quantitative estimate of drug-likeness (QED) is 0.797. The smallest absolute Gasteiger partial charge is 0.268 e. The number of thioether (sulfide) groups is 1. The molecule has 1 atom stereocenters. The zero-order valence-corrected chi connectivity index (χ0v) is 13.9. The van der Waals surface area contributed by atoms with E-state index in [9.17, 15) is 9.59 Å². The summed E-state index contributed by atoms with van der Waals surface area (Å²) in [6.07, 6.45) is 0. The van der Waals surface area contributed by atoms with Crippen LogP contribution in [0.1, 0.15) is 5.56 Å². The molecule has 6 heteroatoms. The molecule has 2 aromatic carbocycles. The minimum Gasteiger partial charge on any atom is -0.312 e. The molecule has 0 saturated carbocycles. The summed E-state index contributed by atoms with van der Waals surface area (Å²) < 4.78 is 0. The van der Waals surface area contributed by atoms with Crippen molar-refractivity contribution >= 4 is 46.6 Å². The molecule has 23 heavy (non-hydrogen) atoms. The van der Waals surface area contributed by atoms with E-state index in [2.05, 4.69) is 0 Å². The topological polar surface area (TPSA) is 40.6 Å². The first-order chi connectivity index (χ1) is 11.1. The van der Waals surface area contributed by atoms with Gasteiger partial charge in [0.2, 0.25) is 10.8 Å². The van der Waals surface area contributed by atoms with Crippen molar-refractivity contribution in [2.75, 3.05) is 22.6 Å². The van der Waals surface area contributed by atoms with E-state index < -0.39 is 4.87 Å². The summed E-state index contributed by atoms with van der Waals surface area (Å²) in [5, 5.41) is 0.595. The van der Waals surface area contributed by atoms with E-state index in [4.69, 9.17) is 11.6 Å². The fourth-order valence-corrected chi connectivity index (χ4v) is 4.76. The van der Waals surface area contributed by atoms with Crippen molar-refractivity contribution in [3.05, 3.63) is 59.1 Å². The van der Waals surface area contributed by atoms with Crippen LogP contribution < -0.4 is 9.80 Å². The molecule has 1 fully saturated rings. The van der Waals surface area contributed by atoms with Gasteiger partial charge < -0.3 is 4.90 Å². The van der Waals surface area contributed by atoms with Crippen LogP contribution >= 0.6 is 23.4 Å². The van der Waals surface area contributed by atoms with E-state index >= 15 is 0 Å². The molecule has 2 aliphatic heterocycles. The first kappa shape index (κ1) is 14.6. The summed E-state index contributed by atoms with van der Waals surface area (Å²) in [4.78, 5) is 27.9. The monoisotopic (exact) mass is 344 g/mol. The van der Waals surface area contributed by atoms with Gasteiger partial charge in [0.25, 0.3) is 5.91 Å². The number of rotatable bonds is 1. The van der Waals surface area contributed by atoms with Crippen LogP contribution in [0.3, 0.4) is 0 Å². The molecule has 0 aliphatic carbocycles. The predicted octanol–water partition coefficient (Wildman–Crippen LogP) is 3.25. The Labute approximate surface area is 143 Å². The zero-order chi connectivity index (χ0) is 16.2. The maximum absolute atomic E-state index is 13.1. The molecule has 0 unspecified atom stereocenters. The first-order valence-electron chi connectivity index (χ1n) is 7.16. The lowest BCUT2D eigenvalue weighted by Crippen LogP contribution is -2.49. The van der Waals surface area contributed by atoms with Gasteiger partial charge in [-0.2, -0.15) is 0 Å². The molecule has 2 heterocycles. The Morgan fingerprint density at radius 3 is 2.52 bits per heavy atom. The molecule has 116 valence electrons. The molecule has 2 aromatic rings. The minimum absolute atomic E-state index is 0.0734. The fraction of sp³-hybridized carbons (Fsp3) is 0.176. The highest BCUT2D eigenvalue weighted by Crippen LogP contribution is 2.55. The van der Waals surface area contributed by atoms with Crippen LogP contribution in [0.5, 0.6) is 0 Å². The highest BCUT2D eigenvalue weighted by Gasteiger charge is 2.60. The van der Waals surface area contributed by atoms with Gasteiger partial charge >= 0.3 is 0 Å². The average molecular weight is 345 g/mol. The molecule has 0 bridgehead atoms. The van der Waals surface area contributed by atoms with Gasteiger partial charge in [0.1, 0.15) is 0 Å². The molecule has 4 rings (SSSR count). The van der Waals surface area contributed by atoms with Crippen molar-refractivity contribution in [3.63, 3.8) is 0 Å². The summed E-state index contributed by atoms with van der Waals surface area (Å²) in [6.45, 7) is 0. The number of hydrogen-bond acceptors (Lipinski definition) is 3. The standard InChI is InChI=1S/C17H13ClN2O2S/c1-19-14-5-3-2-4-13(14)17(16(19)22)20(15(21)10-23-17)12-8-6-11(18)7-9-12/h2-9H,10H2,1H3/t17-/m1/s1. The number of para-hydroxylation sites is 1. The Morgan fingerprint density at radius 2 is 1.78 bits per heavy atom. The van der Waals surface area contributed by atoms with E-state index in [0.29, 0.717) is 10.7 Å². The Hall–Kier alpha value is -1.98. The van der Waals surface area contributed by atoms with Crippen molar-refractivity contribution in [3.8, 4) is 0 Å². The van der Waals surface area contributed by atoms with Gasteiger partial charge in [0.15, 0.2) is 0 Å². The summed E-state index contributed by atoms with van der Waals surface area (Å²) in [6, 6.07) is 14.7. The molecule has 0 aromatic heterocycles. The van der Waals surface area contributed by atoms with Gasteiger partial charge in [-0.15, -0.1) is 11.8 Å². The maximum Gasteiger partial charge on any atom is 0.268 e. The third-order valence-electron chi connectivity index (χ3n) is 4.28. The van der Waals surface area contributed by atoms with Crippen molar-refractivity contribution in [2.24, 2.45) is 0 Å². The summed E-state index contributed by atoms with van der Waals surface area (Å²) in [5.74, 6) is 0.108. The van der Waals surface area contributed by atoms with Crippen LogP contribution in [0.4, 0.5) is 11.4 Å². The van der Waals surface area contributed by atoms with Gasteiger partial charge in [-0.25, -0.2) is 0 Å². The normalized spacial score (nSPS) is 23.0. The molecule has 1 spiro atoms. The Kier molecular flexibility index (Phi) is 3.18. The van der Waals surface area contributed by atoms with E-state index in [1.54, 1.807) is 41.1 Å². The number of nitrogens with zero attached hydrogens (tertiary/aromatic N) is 2. The second-order valence-electron chi connectivity index (χ2n) is 5.52. The van der Waals surface area contributed by atoms with E-state index in [1.807, 2.05) is 24.3 Å². The molecule has 1 saturated heterocycles. The Balaban J connectivity index is 1.94. The summed E-state index contributed by atoms with van der Waals surface area (Å²) >= 11 is 7.33. The molecule has 0 radical (unpaired) electrons. The van der Waals surface area contributed by atoms with Crippen molar-refractivity contribution < 1.29 is 9.59 Å². The largest absolute Gasteiger partial charge is 0.312 e. The molecule has 2 aliphatic rings. The van der Waals surface area contributed by atoms with E-state index in [0.717, 1.165) is 11.3 Å². The number of anilines is 2. The lowest BCUT2D eigenvalue weighted by Gasteiger charge is -2.32. The van der Waals surface area contributed by atoms with Crippen molar-refractivity contribution in [1.82, 2.24) is 0 Å². The first-order valence-corrected chi connectivity index (χ1v) is 8.52. The highest BCUT2D eigenvalue weighted by molar-refractivity contribution is 8.02. The number of carbonyl (C=O) groups excluding carboxylic acids is 2. The second-order valence-corrected chi connectivity index (χ2v) is 7.12. The van der Waals surface area contributed by atoms with E-state index in [1.165, 1.54) is 11.8 Å². The fourth-order valence-electron chi connectivity index (χ4n) is 3.25. The lowest BCUT2D eigenvalue weighted by molar-refractivity contribution is -0.123. The van der Waals surface area contributed by atoms with Gasteiger partial charge in [0, 0.05) is 23.3 Å². The summed E-state index contributed by atoms with van der Waals surface area (Å²) in [7, 11) is 1.75. The number of amides is 2. The van der Waals surface area contributed by atoms with Crippen LogP contribution in [-0.2, 0) is 14.5 Å². The van der Waals surface area contributed by atoms with Crippen LogP contribution in [0.15, 0.2) is 48.5 Å². The van der Waals surface area contributed by atoms with Crippen LogP contribution in [0.2, 0.25) is 5.02 Å². The number of benzene rings is 2. The number of hydrogen-bond donors (Lipinski definition) is 0. The zero-order valence-electron chi connectivity index (χ0n) is 12.3. The Morgan fingerprint density at radius 1 is 1.09 bits per heavy atom. The number of halogens is 1. The van der Waals surface area contributed by atoms with Crippen LogP contribution in [-0.4, -0.2) is 24.6 Å². The van der Waals surface area contributed by atoms with Gasteiger partial charge in [-0.3, -0.25) is 14.5 Å². The van der Waals surface area contributed by atoms with Gasteiger partial charge in [0.05, 0.1) is 11.4 Å². The van der Waals surface area contributed by atoms with Crippen LogP contribution in [0.25, 0.3) is 0 Å². The van der Waals surface area contributed by atoms with E-state index in [-0.39, 0.29) is 17.6 Å². The third kappa shape index (κ3) is 1.87. The second kappa shape index (κ2) is 5.01. The molecular weight excluding hydrogens is 332 g/mol. The third-order valence-corrected chi connectivity index (χ3v) is 5.92. The maximum atomic E-state index is 13.1. The summed E-state index contributed by atoms with van der Waals surface area (Å²) in [5.41, 5.74) is 2.39. The molecular formula is C17H13ClN2O2S. The lowest BCUT2D eigenvalue weighted by atomic mass is 10.0. The molecule has 2 amide bonds. The Bertz CT molecular complexity index is 824. The molecule has 4 nitrogen and oxygen atoms in total. The SMILES string of the molecule is CN1C(=O)[C@]2(SCC(=O)N2c2ccc(Cl)cc2)c2ccccc21. The average Bonchev–Trinajstić information content (AvgIpc) is 3.01.